The summed E-state index contributed by atoms with van der Waals surface area (Å²) in [5.41, 5.74) is 1.42. The second kappa shape index (κ2) is 5.02. The maximum atomic E-state index is 2.43. The van der Waals surface area contributed by atoms with Gasteiger partial charge in [0.1, 0.15) is 0 Å². The van der Waals surface area contributed by atoms with Crippen LogP contribution in [0.5, 0.6) is 0 Å². The van der Waals surface area contributed by atoms with Crippen LogP contribution in [0.3, 0.4) is 0 Å². The van der Waals surface area contributed by atoms with Gasteiger partial charge in [0.2, 0.25) is 0 Å². The summed E-state index contributed by atoms with van der Waals surface area (Å²) in [6.07, 6.45) is 0. The molecule has 0 heterocycles. The van der Waals surface area contributed by atoms with Crippen molar-refractivity contribution in [1.82, 2.24) is 0 Å². The molecule has 0 unspecified atom stereocenters. The Balaban J connectivity index is 3.10. The van der Waals surface area contributed by atoms with Gasteiger partial charge in [0, 0.05) is 0 Å². The molecule has 78 valence electrons. The average Bonchev–Trinajstić information content (AvgIpc) is 2.22. The zero-order valence-corrected chi connectivity index (χ0v) is 12.0. The third-order valence-corrected chi connectivity index (χ3v) is 15.4. The normalized spacial score (nSPS) is 11.7. The van der Waals surface area contributed by atoms with Gasteiger partial charge in [-0.1, -0.05) is 0 Å². The fraction of sp³-hybridized carbons (Fsp3) is 0.538. The van der Waals surface area contributed by atoms with E-state index < -0.39 is 13.3 Å². The molecule has 14 heavy (non-hydrogen) atoms. The van der Waals surface area contributed by atoms with E-state index >= 15 is 0 Å². The minimum absolute atomic E-state index is 1.42. The number of rotatable bonds is 4. The van der Waals surface area contributed by atoms with E-state index in [1.165, 1.54) is 21.3 Å². The van der Waals surface area contributed by atoms with Gasteiger partial charge in [-0.15, -0.1) is 0 Å². The van der Waals surface area contributed by atoms with Gasteiger partial charge in [0.15, 0.2) is 0 Å². The Hall–Kier alpha value is -0.237. The summed E-state index contributed by atoms with van der Waals surface area (Å²) in [6.45, 7) is 9.36. The Labute approximate surface area is 91.1 Å². The zero-order chi connectivity index (χ0) is 10.6. The quantitative estimate of drug-likeness (QED) is 0.715. The Morgan fingerprint density at radius 3 is 2.00 bits per heavy atom. The van der Waals surface area contributed by atoms with Gasteiger partial charge in [-0.05, 0) is 0 Å². The molecule has 1 aromatic rings. The standard InChI is InChI=1S/C13H22Ge/c1-5-14(6-2,7-3)13-10-8-9-12(4)11-13/h8-11H,5-7H2,1-4H3. The summed E-state index contributed by atoms with van der Waals surface area (Å²) in [7, 11) is 0. The molecular weight excluding hydrogens is 229 g/mol. The van der Waals surface area contributed by atoms with Gasteiger partial charge in [0.05, 0.1) is 0 Å². The molecule has 0 radical (unpaired) electrons. The van der Waals surface area contributed by atoms with Crippen molar-refractivity contribution < 1.29 is 0 Å². The molecule has 1 aromatic carbocycles. The van der Waals surface area contributed by atoms with Crippen molar-refractivity contribution in [2.45, 2.75) is 43.5 Å². The summed E-state index contributed by atoms with van der Waals surface area (Å²) in [5, 5.41) is 4.28. The summed E-state index contributed by atoms with van der Waals surface area (Å²) in [6, 6.07) is 9.23. The molecule has 0 aliphatic carbocycles. The first kappa shape index (κ1) is 11.8. The first-order chi connectivity index (χ1) is 6.68. The van der Waals surface area contributed by atoms with E-state index in [9.17, 15) is 0 Å². The molecule has 1 rings (SSSR count). The molecule has 0 nitrogen and oxygen atoms in total. The fourth-order valence-corrected chi connectivity index (χ4v) is 10.1. The van der Waals surface area contributed by atoms with Crippen LogP contribution in [0.25, 0.3) is 0 Å². The van der Waals surface area contributed by atoms with E-state index in [1.54, 1.807) is 4.40 Å². The summed E-state index contributed by atoms with van der Waals surface area (Å²) >= 11 is -1.66. The number of hydrogen-bond donors (Lipinski definition) is 0. The summed E-state index contributed by atoms with van der Waals surface area (Å²) in [4.78, 5) is 0. The molecular formula is C13H22Ge. The van der Waals surface area contributed by atoms with Crippen molar-refractivity contribution >= 4 is 17.7 Å². The molecule has 0 fully saturated rings. The van der Waals surface area contributed by atoms with Gasteiger partial charge in [0.25, 0.3) is 0 Å². The Kier molecular flexibility index (Phi) is 4.24. The van der Waals surface area contributed by atoms with E-state index in [2.05, 4.69) is 52.0 Å². The Morgan fingerprint density at radius 2 is 1.57 bits per heavy atom. The minimum atomic E-state index is -1.66. The predicted octanol–water partition coefficient (Wildman–Crippen LogP) is 3.71. The summed E-state index contributed by atoms with van der Waals surface area (Å²) < 4.78 is 1.71. The maximum absolute atomic E-state index is 2.43. The molecule has 1 heteroatoms. The van der Waals surface area contributed by atoms with Gasteiger partial charge in [-0.3, -0.25) is 0 Å². The topological polar surface area (TPSA) is 0 Å². The SMILES string of the molecule is C[CH2][Ge]([CH2]C)([CH2]C)[c]1cccc(C)c1. The van der Waals surface area contributed by atoms with Crippen molar-refractivity contribution in [2.75, 3.05) is 0 Å². The monoisotopic (exact) mass is 252 g/mol. The number of hydrogen-bond acceptors (Lipinski definition) is 0. The van der Waals surface area contributed by atoms with Crippen LogP contribution in [0, 0.1) is 6.92 Å². The van der Waals surface area contributed by atoms with E-state index in [4.69, 9.17) is 0 Å². The van der Waals surface area contributed by atoms with Crippen LogP contribution >= 0.6 is 0 Å². The average molecular weight is 251 g/mol. The first-order valence-electron chi connectivity index (χ1n) is 5.75. The third kappa shape index (κ3) is 2.22. The van der Waals surface area contributed by atoms with Crippen LogP contribution in [0.15, 0.2) is 24.3 Å². The zero-order valence-electron chi connectivity index (χ0n) is 9.93. The molecule has 0 atom stereocenters. The molecule has 0 amide bonds. The van der Waals surface area contributed by atoms with Crippen LogP contribution in [-0.4, -0.2) is 13.3 Å². The van der Waals surface area contributed by atoms with Crippen molar-refractivity contribution in [3.63, 3.8) is 0 Å². The molecule has 0 aromatic heterocycles. The molecule has 0 spiro atoms. The van der Waals surface area contributed by atoms with Gasteiger partial charge in [-0.25, -0.2) is 0 Å². The molecule has 0 N–H and O–H groups in total. The number of benzene rings is 1. The van der Waals surface area contributed by atoms with Crippen LogP contribution in [0.2, 0.25) is 15.8 Å². The van der Waals surface area contributed by atoms with Crippen LogP contribution in [0.4, 0.5) is 0 Å². The van der Waals surface area contributed by atoms with Crippen molar-refractivity contribution in [1.29, 1.82) is 0 Å². The van der Waals surface area contributed by atoms with Crippen molar-refractivity contribution in [3.05, 3.63) is 29.8 Å². The molecule has 0 aliphatic heterocycles. The molecule has 0 bridgehead atoms. The second-order valence-electron chi connectivity index (χ2n) is 4.21. The van der Waals surface area contributed by atoms with E-state index in [0.717, 1.165) is 0 Å². The molecule has 0 saturated heterocycles. The van der Waals surface area contributed by atoms with Crippen LogP contribution < -0.4 is 4.40 Å². The predicted molar refractivity (Wildman–Crippen MR) is 68.0 cm³/mol. The Bertz CT molecular complexity index is 279. The fourth-order valence-electron chi connectivity index (χ4n) is 2.34. The second-order valence-corrected chi connectivity index (χ2v) is 15.2. The summed E-state index contributed by atoms with van der Waals surface area (Å²) in [5.74, 6) is 0. The van der Waals surface area contributed by atoms with E-state index in [-0.39, 0.29) is 0 Å². The third-order valence-electron chi connectivity index (χ3n) is 3.66. The first-order valence-corrected chi connectivity index (χ1v) is 11.3. The number of aryl methyl sites for hydroxylation is 1. The van der Waals surface area contributed by atoms with Crippen molar-refractivity contribution in [2.24, 2.45) is 0 Å². The van der Waals surface area contributed by atoms with Crippen LogP contribution in [-0.2, 0) is 0 Å². The molecule has 0 saturated carbocycles. The Morgan fingerprint density at radius 1 is 1.00 bits per heavy atom. The van der Waals surface area contributed by atoms with E-state index in [0.29, 0.717) is 0 Å². The van der Waals surface area contributed by atoms with E-state index in [1.807, 2.05) is 0 Å². The molecule has 0 aliphatic rings. The van der Waals surface area contributed by atoms with Crippen LogP contribution in [0.1, 0.15) is 26.3 Å². The van der Waals surface area contributed by atoms with Gasteiger partial charge in [-0.2, -0.15) is 0 Å². The van der Waals surface area contributed by atoms with Gasteiger partial charge < -0.3 is 0 Å². The van der Waals surface area contributed by atoms with Gasteiger partial charge >= 0.3 is 90.9 Å². The van der Waals surface area contributed by atoms with Crippen molar-refractivity contribution in [3.8, 4) is 0 Å².